The summed E-state index contributed by atoms with van der Waals surface area (Å²) in [6.45, 7) is 2.78. The van der Waals surface area contributed by atoms with E-state index in [0.717, 1.165) is 0 Å². The molecule has 0 aliphatic carbocycles. The van der Waals surface area contributed by atoms with Crippen LogP contribution in [0, 0.1) is 6.92 Å². The van der Waals surface area contributed by atoms with E-state index in [4.69, 9.17) is 14.0 Å². The number of amides is 2. The minimum Gasteiger partial charge on any atom is -0.486 e. The van der Waals surface area contributed by atoms with Gasteiger partial charge in [0.1, 0.15) is 19.0 Å². The van der Waals surface area contributed by atoms with Gasteiger partial charge in [0.25, 0.3) is 0 Å². The average molecular weight is 275 g/mol. The maximum absolute atomic E-state index is 11.8. The van der Waals surface area contributed by atoms with Crippen molar-refractivity contribution in [1.29, 1.82) is 0 Å². The molecule has 0 bridgehead atoms. The highest BCUT2D eigenvalue weighted by molar-refractivity contribution is 5.99. The third kappa shape index (κ3) is 2.66. The molecule has 0 radical (unpaired) electrons. The largest absolute Gasteiger partial charge is 0.486 e. The van der Waals surface area contributed by atoms with Crippen LogP contribution in [0.5, 0.6) is 11.5 Å². The smallest absolute Gasteiger partial charge is 0.324 e. The van der Waals surface area contributed by atoms with E-state index in [-0.39, 0.29) is 0 Å². The predicted molar refractivity (Wildman–Crippen MR) is 71.3 cm³/mol. The van der Waals surface area contributed by atoms with Crippen LogP contribution in [0.2, 0.25) is 0 Å². The van der Waals surface area contributed by atoms with Gasteiger partial charge in [-0.1, -0.05) is 5.16 Å². The highest BCUT2D eigenvalue weighted by atomic mass is 16.6. The van der Waals surface area contributed by atoms with Crippen LogP contribution in [-0.4, -0.2) is 24.4 Å². The minimum absolute atomic E-state index is 0.359. The first-order valence-corrected chi connectivity index (χ1v) is 6.12. The fourth-order valence-electron chi connectivity index (χ4n) is 1.83. The van der Waals surface area contributed by atoms with Gasteiger partial charge in [0.15, 0.2) is 17.3 Å². The van der Waals surface area contributed by atoms with E-state index in [0.29, 0.717) is 42.0 Å². The molecule has 3 rings (SSSR count). The molecule has 0 saturated heterocycles. The van der Waals surface area contributed by atoms with Gasteiger partial charge in [-0.25, -0.2) is 4.79 Å². The van der Waals surface area contributed by atoms with Gasteiger partial charge in [-0.3, -0.25) is 5.32 Å². The normalized spacial score (nSPS) is 12.8. The van der Waals surface area contributed by atoms with Crippen molar-refractivity contribution in [2.75, 3.05) is 23.8 Å². The van der Waals surface area contributed by atoms with Crippen LogP contribution in [0.25, 0.3) is 0 Å². The number of nitrogens with zero attached hydrogens (tertiary/aromatic N) is 1. The Kier molecular flexibility index (Phi) is 3.16. The fourth-order valence-corrected chi connectivity index (χ4v) is 1.83. The van der Waals surface area contributed by atoms with Crippen LogP contribution in [0.15, 0.2) is 28.8 Å². The summed E-state index contributed by atoms with van der Waals surface area (Å²) in [7, 11) is 0. The van der Waals surface area contributed by atoms with Crippen molar-refractivity contribution in [3.05, 3.63) is 30.0 Å². The number of hydrogen-bond acceptors (Lipinski definition) is 5. The molecule has 7 heteroatoms. The molecule has 1 aromatic carbocycles. The Morgan fingerprint density at radius 3 is 2.70 bits per heavy atom. The van der Waals surface area contributed by atoms with E-state index in [9.17, 15) is 4.79 Å². The average Bonchev–Trinajstić information content (AvgIpc) is 2.83. The molecule has 2 amide bonds. The lowest BCUT2D eigenvalue weighted by molar-refractivity contribution is 0.171. The first-order valence-electron chi connectivity index (χ1n) is 6.12. The second kappa shape index (κ2) is 5.12. The van der Waals surface area contributed by atoms with Gasteiger partial charge < -0.3 is 19.3 Å². The van der Waals surface area contributed by atoms with E-state index >= 15 is 0 Å². The number of hydrogen-bond donors (Lipinski definition) is 2. The zero-order valence-electron chi connectivity index (χ0n) is 10.8. The van der Waals surface area contributed by atoms with E-state index in [1.165, 1.54) is 0 Å². The van der Waals surface area contributed by atoms with E-state index in [1.54, 1.807) is 31.2 Å². The van der Waals surface area contributed by atoms with Crippen molar-refractivity contribution in [2.24, 2.45) is 0 Å². The Hall–Kier alpha value is -2.70. The Labute approximate surface area is 114 Å². The number of anilines is 2. The molecular weight excluding hydrogens is 262 g/mol. The molecule has 0 atom stereocenters. The van der Waals surface area contributed by atoms with Crippen LogP contribution < -0.4 is 20.1 Å². The predicted octanol–water partition coefficient (Wildman–Crippen LogP) is 2.40. The van der Waals surface area contributed by atoms with Crippen LogP contribution in [-0.2, 0) is 0 Å². The molecule has 0 fully saturated rings. The summed E-state index contributed by atoms with van der Waals surface area (Å²) in [6.07, 6.45) is 0. The number of urea groups is 1. The number of aromatic nitrogens is 1. The van der Waals surface area contributed by atoms with Gasteiger partial charge in [-0.2, -0.15) is 0 Å². The Morgan fingerprint density at radius 2 is 1.95 bits per heavy atom. The first kappa shape index (κ1) is 12.3. The van der Waals surface area contributed by atoms with Gasteiger partial charge in [0.2, 0.25) is 0 Å². The second-order valence-corrected chi connectivity index (χ2v) is 4.26. The topological polar surface area (TPSA) is 85.6 Å². The Morgan fingerprint density at radius 1 is 1.15 bits per heavy atom. The van der Waals surface area contributed by atoms with Crippen molar-refractivity contribution in [3.8, 4) is 11.5 Å². The molecule has 0 saturated carbocycles. The quantitative estimate of drug-likeness (QED) is 0.879. The monoisotopic (exact) mass is 275 g/mol. The molecule has 2 heterocycles. The van der Waals surface area contributed by atoms with Gasteiger partial charge in [0, 0.05) is 17.8 Å². The highest BCUT2D eigenvalue weighted by Gasteiger charge is 2.13. The Balaban J connectivity index is 1.66. The maximum atomic E-state index is 11.8. The van der Waals surface area contributed by atoms with Gasteiger partial charge in [0.05, 0.1) is 0 Å². The van der Waals surface area contributed by atoms with E-state index in [2.05, 4.69) is 15.8 Å². The summed E-state index contributed by atoms with van der Waals surface area (Å²) in [5.41, 5.74) is 0.604. The van der Waals surface area contributed by atoms with E-state index in [1.807, 2.05) is 0 Å². The zero-order valence-corrected chi connectivity index (χ0v) is 10.8. The molecule has 0 spiro atoms. The van der Waals surface area contributed by atoms with Crippen LogP contribution in [0.1, 0.15) is 5.76 Å². The number of carbonyl (C=O) groups excluding carboxylic acids is 1. The number of ether oxygens (including phenoxy) is 2. The van der Waals surface area contributed by atoms with Gasteiger partial charge in [-0.15, -0.1) is 0 Å². The molecule has 20 heavy (non-hydrogen) atoms. The standard InChI is InChI=1S/C13H13N3O4/c1-8-6-12(16-20-8)15-13(17)14-9-2-3-10-11(7-9)19-5-4-18-10/h2-3,6-7H,4-5H2,1H3,(H2,14,15,16,17). The van der Waals surface area contributed by atoms with Crippen LogP contribution in [0.3, 0.4) is 0 Å². The number of carbonyl (C=O) groups is 1. The molecule has 7 nitrogen and oxygen atoms in total. The Bertz CT molecular complexity index is 638. The summed E-state index contributed by atoms with van der Waals surface area (Å²) >= 11 is 0. The lowest BCUT2D eigenvalue weighted by Crippen LogP contribution is -2.20. The number of benzene rings is 1. The van der Waals surface area contributed by atoms with Crippen molar-refractivity contribution < 1.29 is 18.8 Å². The molecular formula is C13H13N3O4. The highest BCUT2D eigenvalue weighted by Crippen LogP contribution is 2.32. The zero-order chi connectivity index (χ0) is 13.9. The van der Waals surface area contributed by atoms with Crippen molar-refractivity contribution >= 4 is 17.5 Å². The number of nitrogens with one attached hydrogen (secondary N) is 2. The summed E-state index contributed by atoms with van der Waals surface area (Å²) in [4.78, 5) is 11.8. The molecule has 0 unspecified atom stereocenters. The molecule has 2 N–H and O–H groups in total. The molecule has 2 aromatic rings. The first-order chi connectivity index (χ1) is 9.70. The lowest BCUT2D eigenvalue weighted by Gasteiger charge is -2.18. The third-order valence-electron chi connectivity index (χ3n) is 2.67. The molecule has 1 aromatic heterocycles. The number of rotatable bonds is 2. The van der Waals surface area contributed by atoms with E-state index < -0.39 is 6.03 Å². The summed E-state index contributed by atoms with van der Waals surface area (Å²) in [6, 6.07) is 6.42. The number of fused-ring (bicyclic) bond motifs is 1. The molecule has 104 valence electrons. The number of aryl methyl sites for hydroxylation is 1. The maximum Gasteiger partial charge on any atom is 0.324 e. The lowest BCUT2D eigenvalue weighted by atomic mass is 10.2. The SMILES string of the molecule is Cc1cc(NC(=O)Nc2ccc3c(c2)OCCO3)no1. The summed E-state index contributed by atoms with van der Waals surface area (Å²) in [5, 5.41) is 8.92. The summed E-state index contributed by atoms with van der Waals surface area (Å²) in [5.74, 6) is 2.28. The molecule has 1 aliphatic rings. The molecule has 1 aliphatic heterocycles. The van der Waals surface area contributed by atoms with Crippen LogP contribution in [0.4, 0.5) is 16.3 Å². The second-order valence-electron chi connectivity index (χ2n) is 4.26. The van der Waals surface area contributed by atoms with Gasteiger partial charge in [-0.05, 0) is 19.1 Å². The van der Waals surface area contributed by atoms with Crippen LogP contribution >= 0.6 is 0 Å². The fraction of sp³-hybridized carbons (Fsp3) is 0.231. The van der Waals surface area contributed by atoms with Crippen molar-refractivity contribution in [2.45, 2.75) is 6.92 Å². The van der Waals surface area contributed by atoms with Crippen molar-refractivity contribution in [3.63, 3.8) is 0 Å². The summed E-state index contributed by atoms with van der Waals surface area (Å²) < 4.78 is 15.7. The third-order valence-corrected chi connectivity index (χ3v) is 2.67. The van der Waals surface area contributed by atoms with Gasteiger partial charge >= 0.3 is 6.03 Å². The minimum atomic E-state index is -0.407. The van der Waals surface area contributed by atoms with Crippen molar-refractivity contribution in [1.82, 2.24) is 5.16 Å².